The number of fused-ring (bicyclic) bond motifs is 1. The maximum absolute atomic E-state index is 12.2. The van der Waals surface area contributed by atoms with Gasteiger partial charge in [0.05, 0.1) is 12.1 Å². The number of hydrogen-bond donors (Lipinski definition) is 2. The van der Waals surface area contributed by atoms with Gasteiger partial charge in [0.1, 0.15) is 0 Å². The third-order valence-corrected chi connectivity index (χ3v) is 5.71. The van der Waals surface area contributed by atoms with Gasteiger partial charge >= 0.3 is 0 Å². The molecule has 3 fully saturated rings. The minimum atomic E-state index is 0. The number of halogens is 1. The van der Waals surface area contributed by atoms with E-state index in [2.05, 4.69) is 10.6 Å². The molecule has 2 N–H and O–H groups in total. The van der Waals surface area contributed by atoms with E-state index in [1.165, 1.54) is 57.8 Å². The Bertz CT molecular complexity index is 347. The lowest BCUT2D eigenvalue weighted by Gasteiger charge is -2.24. The fourth-order valence-corrected chi connectivity index (χ4v) is 4.41. The number of ether oxygens (including phenoxy) is 1. The summed E-state index contributed by atoms with van der Waals surface area (Å²) in [4.78, 5) is 12.2. The van der Waals surface area contributed by atoms with Gasteiger partial charge in [0.2, 0.25) is 5.91 Å². The molecule has 3 aliphatic rings. The van der Waals surface area contributed by atoms with Crippen LogP contribution in [0.3, 0.4) is 0 Å². The average Bonchev–Trinajstić information content (AvgIpc) is 2.99. The van der Waals surface area contributed by atoms with E-state index >= 15 is 0 Å². The van der Waals surface area contributed by atoms with Crippen LogP contribution in [0, 0.1) is 5.92 Å². The molecule has 1 aliphatic heterocycles. The van der Waals surface area contributed by atoms with E-state index in [1.54, 1.807) is 0 Å². The van der Waals surface area contributed by atoms with Crippen LogP contribution in [0.25, 0.3) is 0 Å². The summed E-state index contributed by atoms with van der Waals surface area (Å²) in [5, 5.41) is 6.63. The Labute approximate surface area is 146 Å². The van der Waals surface area contributed by atoms with Crippen molar-refractivity contribution in [2.24, 2.45) is 5.92 Å². The van der Waals surface area contributed by atoms with Crippen LogP contribution in [-0.2, 0) is 9.53 Å². The van der Waals surface area contributed by atoms with Crippen LogP contribution < -0.4 is 10.6 Å². The Kier molecular flexibility index (Phi) is 8.14. The first-order chi connectivity index (χ1) is 10.8. The van der Waals surface area contributed by atoms with Crippen molar-refractivity contribution >= 4 is 18.3 Å². The summed E-state index contributed by atoms with van der Waals surface area (Å²) in [6.07, 6.45) is 14.1. The zero-order valence-electron chi connectivity index (χ0n) is 14.2. The third kappa shape index (κ3) is 5.61. The van der Waals surface area contributed by atoms with Gasteiger partial charge in [-0.25, -0.2) is 0 Å². The van der Waals surface area contributed by atoms with E-state index in [1.807, 2.05) is 0 Å². The van der Waals surface area contributed by atoms with Crippen molar-refractivity contribution in [3.8, 4) is 0 Å². The molecule has 3 atom stereocenters. The van der Waals surface area contributed by atoms with Crippen LogP contribution in [0.15, 0.2) is 0 Å². The second-order valence-corrected chi connectivity index (χ2v) is 7.38. The molecule has 23 heavy (non-hydrogen) atoms. The van der Waals surface area contributed by atoms with Crippen LogP contribution in [-0.4, -0.2) is 37.2 Å². The van der Waals surface area contributed by atoms with Crippen molar-refractivity contribution in [1.82, 2.24) is 10.6 Å². The molecule has 0 aromatic heterocycles. The van der Waals surface area contributed by atoms with Crippen molar-refractivity contribution in [3.05, 3.63) is 0 Å². The molecule has 2 aliphatic carbocycles. The quantitative estimate of drug-likeness (QED) is 0.727. The Balaban J connectivity index is 0.00000192. The van der Waals surface area contributed by atoms with Crippen LogP contribution >= 0.6 is 12.4 Å². The van der Waals surface area contributed by atoms with E-state index in [0.717, 1.165) is 31.9 Å². The van der Waals surface area contributed by atoms with E-state index < -0.39 is 0 Å². The predicted molar refractivity (Wildman–Crippen MR) is 95.0 cm³/mol. The standard InChI is InChI=1S/C18H32N2O2.ClH/c21-18(17-13-14-7-4-5-10-16(14)20-17)19-11-6-12-22-15-8-2-1-3-9-15;/h14-17,20H,1-13H2,(H,19,21);1H. The fraction of sp³-hybridized carbons (Fsp3) is 0.944. The number of nitrogens with one attached hydrogen (secondary N) is 2. The second kappa shape index (κ2) is 9.85. The molecule has 0 radical (unpaired) electrons. The number of rotatable bonds is 6. The molecule has 2 saturated carbocycles. The van der Waals surface area contributed by atoms with E-state index in [-0.39, 0.29) is 24.4 Å². The molecule has 1 heterocycles. The van der Waals surface area contributed by atoms with Gasteiger partial charge in [-0.15, -0.1) is 12.4 Å². The number of hydrogen-bond acceptors (Lipinski definition) is 3. The van der Waals surface area contributed by atoms with Gasteiger partial charge in [0.15, 0.2) is 0 Å². The molecule has 1 saturated heterocycles. The lowest BCUT2D eigenvalue weighted by atomic mass is 9.85. The Morgan fingerprint density at radius 3 is 2.57 bits per heavy atom. The lowest BCUT2D eigenvalue weighted by molar-refractivity contribution is -0.122. The molecular weight excluding hydrogens is 312 g/mol. The summed E-state index contributed by atoms with van der Waals surface area (Å²) in [6.45, 7) is 1.54. The first kappa shape index (κ1) is 19.0. The molecule has 0 spiro atoms. The summed E-state index contributed by atoms with van der Waals surface area (Å²) in [7, 11) is 0. The van der Waals surface area contributed by atoms with Gasteiger partial charge in [-0.05, 0) is 44.4 Å². The largest absolute Gasteiger partial charge is 0.378 e. The minimum Gasteiger partial charge on any atom is -0.378 e. The minimum absolute atomic E-state index is 0. The van der Waals surface area contributed by atoms with Crippen LogP contribution in [0.1, 0.15) is 70.6 Å². The summed E-state index contributed by atoms with van der Waals surface area (Å²) < 4.78 is 5.90. The monoisotopic (exact) mass is 344 g/mol. The number of carbonyl (C=O) groups is 1. The van der Waals surface area contributed by atoms with Gasteiger partial charge in [-0.3, -0.25) is 4.79 Å². The normalized spacial score (nSPS) is 31.2. The topological polar surface area (TPSA) is 50.4 Å². The molecule has 0 aromatic carbocycles. The van der Waals surface area contributed by atoms with E-state index in [4.69, 9.17) is 4.74 Å². The first-order valence-electron chi connectivity index (χ1n) is 9.48. The zero-order chi connectivity index (χ0) is 15.2. The van der Waals surface area contributed by atoms with E-state index in [0.29, 0.717) is 12.1 Å². The Morgan fingerprint density at radius 1 is 1.04 bits per heavy atom. The highest BCUT2D eigenvalue weighted by atomic mass is 35.5. The summed E-state index contributed by atoms with van der Waals surface area (Å²) in [6, 6.07) is 0.645. The predicted octanol–water partition coefficient (Wildman–Crippen LogP) is 3.18. The highest BCUT2D eigenvalue weighted by molar-refractivity contribution is 5.85. The van der Waals surface area contributed by atoms with Crippen molar-refractivity contribution in [1.29, 1.82) is 0 Å². The Morgan fingerprint density at radius 2 is 1.78 bits per heavy atom. The summed E-state index contributed by atoms with van der Waals surface area (Å²) in [5.74, 6) is 0.936. The van der Waals surface area contributed by atoms with Crippen molar-refractivity contribution < 1.29 is 9.53 Å². The SMILES string of the molecule is Cl.O=C(NCCCOC1CCCCC1)C1CC2CCCCC2N1. The summed E-state index contributed by atoms with van der Waals surface area (Å²) >= 11 is 0. The molecule has 1 amide bonds. The van der Waals surface area contributed by atoms with Gasteiger partial charge in [0.25, 0.3) is 0 Å². The molecule has 5 heteroatoms. The summed E-state index contributed by atoms with van der Waals surface area (Å²) in [5.41, 5.74) is 0. The molecule has 0 bridgehead atoms. The lowest BCUT2D eigenvalue weighted by Crippen LogP contribution is -2.43. The highest BCUT2D eigenvalue weighted by Crippen LogP contribution is 2.33. The molecule has 4 nitrogen and oxygen atoms in total. The van der Waals surface area contributed by atoms with Crippen LogP contribution in [0.5, 0.6) is 0 Å². The fourth-order valence-electron chi connectivity index (χ4n) is 4.41. The zero-order valence-corrected chi connectivity index (χ0v) is 15.0. The van der Waals surface area contributed by atoms with Gasteiger partial charge in [-0.2, -0.15) is 0 Å². The van der Waals surface area contributed by atoms with Crippen molar-refractivity contribution in [3.63, 3.8) is 0 Å². The van der Waals surface area contributed by atoms with Gasteiger partial charge in [0, 0.05) is 19.2 Å². The van der Waals surface area contributed by atoms with Gasteiger partial charge in [-0.1, -0.05) is 32.1 Å². The first-order valence-corrected chi connectivity index (χ1v) is 9.48. The Hall–Kier alpha value is -0.320. The second-order valence-electron chi connectivity index (χ2n) is 7.38. The third-order valence-electron chi connectivity index (χ3n) is 5.71. The average molecular weight is 345 g/mol. The number of amides is 1. The maximum Gasteiger partial charge on any atom is 0.237 e. The van der Waals surface area contributed by atoms with Crippen LogP contribution in [0.2, 0.25) is 0 Å². The van der Waals surface area contributed by atoms with Gasteiger partial charge < -0.3 is 15.4 Å². The molecule has 3 unspecified atom stereocenters. The molecule has 134 valence electrons. The van der Waals surface area contributed by atoms with Crippen molar-refractivity contribution in [2.75, 3.05) is 13.2 Å². The van der Waals surface area contributed by atoms with E-state index in [9.17, 15) is 4.79 Å². The van der Waals surface area contributed by atoms with Crippen molar-refractivity contribution in [2.45, 2.75) is 88.8 Å². The smallest absolute Gasteiger partial charge is 0.237 e. The highest BCUT2D eigenvalue weighted by Gasteiger charge is 2.37. The number of carbonyl (C=O) groups excluding carboxylic acids is 1. The molecule has 0 aromatic rings. The molecular formula is C18H33ClN2O2. The molecule has 3 rings (SSSR count). The van der Waals surface area contributed by atoms with Crippen LogP contribution in [0.4, 0.5) is 0 Å². The maximum atomic E-state index is 12.2.